The van der Waals surface area contributed by atoms with Gasteiger partial charge >= 0.3 is 0 Å². The first kappa shape index (κ1) is 23.2. The van der Waals surface area contributed by atoms with E-state index in [2.05, 4.69) is 28.5 Å². The van der Waals surface area contributed by atoms with Gasteiger partial charge in [0.25, 0.3) is 11.1 Å². The van der Waals surface area contributed by atoms with Crippen molar-refractivity contribution < 1.29 is 19.1 Å². The Hall–Kier alpha value is -2.44. The van der Waals surface area contributed by atoms with E-state index in [0.29, 0.717) is 29.6 Å². The van der Waals surface area contributed by atoms with Crippen LogP contribution in [-0.4, -0.2) is 35.8 Å². The Morgan fingerprint density at radius 2 is 1.97 bits per heavy atom. The van der Waals surface area contributed by atoms with Gasteiger partial charge in [-0.1, -0.05) is 36.3 Å². The third-order valence-electron chi connectivity index (χ3n) is 4.49. The molecule has 7 heteroatoms. The third-order valence-corrected chi connectivity index (χ3v) is 6.20. The van der Waals surface area contributed by atoms with Crippen molar-refractivity contribution in [1.82, 2.24) is 4.90 Å². The maximum absolute atomic E-state index is 12.8. The lowest BCUT2D eigenvalue weighted by atomic mass is 10.1. The summed E-state index contributed by atoms with van der Waals surface area (Å²) in [5, 5.41) is -0.238. The van der Waals surface area contributed by atoms with Gasteiger partial charge in [0, 0.05) is 6.54 Å². The summed E-state index contributed by atoms with van der Waals surface area (Å²) in [4.78, 5) is 26.9. The highest BCUT2D eigenvalue weighted by atomic mass is 127. The maximum atomic E-state index is 12.8. The van der Waals surface area contributed by atoms with Crippen LogP contribution in [0.25, 0.3) is 6.08 Å². The first-order chi connectivity index (χ1) is 15.0. The second-order valence-corrected chi connectivity index (χ2v) is 8.83. The van der Waals surface area contributed by atoms with Gasteiger partial charge in [-0.3, -0.25) is 14.5 Å². The summed E-state index contributed by atoms with van der Waals surface area (Å²) in [6.45, 7) is 2.88. The molecular formula is C24H22INO4S. The number of thioether (sulfide) groups is 1. The molecule has 5 nitrogen and oxygen atoms in total. The SMILES string of the molecule is C#CCOc1c(I)cc(/C=C2/SC(=O)N(CCCc3ccccc3)C2=O)cc1OCC. The standard InChI is InChI=1S/C24H22INO4S/c1-3-13-30-22-19(25)14-18(15-20(22)29-4-2)16-21-23(27)26(24(28)31-21)12-8-11-17-9-6-5-7-10-17/h1,5-7,9-10,14-16H,4,8,11-13H2,2H3/b21-16+. The molecule has 2 amide bonds. The topological polar surface area (TPSA) is 55.8 Å². The summed E-state index contributed by atoms with van der Waals surface area (Å²) < 4.78 is 12.1. The second-order valence-electron chi connectivity index (χ2n) is 6.68. The quantitative estimate of drug-likeness (QED) is 0.240. The molecule has 0 saturated carbocycles. The number of halogens is 1. The lowest BCUT2D eigenvalue weighted by Crippen LogP contribution is -2.29. The van der Waals surface area contributed by atoms with Crippen LogP contribution in [0.2, 0.25) is 0 Å². The van der Waals surface area contributed by atoms with E-state index in [1.54, 1.807) is 12.1 Å². The van der Waals surface area contributed by atoms with Crippen LogP contribution >= 0.6 is 34.4 Å². The summed E-state index contributed by atoms with van der Waals surface area (Å²) in [6, 6.07) is 13.7. The van der Waals surface area contributed by atoms with Gasteiger partial charge in [-0.25, -0.2) is 0 Å². The number of amides is 2. The van der Waals surface area contributed by atoms with Gasteiger partial charge in [0.15, 0.2) is 11.5 Å². The largest absolute Gasteiger partial charge is 0.490 e. The van der Waals surface area contributed by atoms with Crippen LogP contribution in [0.3, 0.4) is 0 Å². The smallest absolute Gasteiger partial charge is 0.293 e. The van der Waals surface area contributed by atoms with Crippen LogP contribution in [0.1, 0.15) is 24.5 Å². The molecule has 1 heterocycles. The zero-order valence-corrected chi connectivity index (χ0v) is 20.1. The molecule has 0 N–H and O–H groups in total. The number of ether oxygens (including phenoxy) is 2. The van der Waals surface area contributed by atoms with Gasteiger partial charge in [-0.15, -0.1) is 6.42 Å². The normalized spacial score (nSPS) is 14.7. The van der Waals surface area contributed by atoms with E-state index >= 15 is 0 Å². The minimum absolute atomic E-state index is 0.136. The Labute approximate surface area is 200 Å². The van der Waals surface area contributed by atoms with Gasteiger partial charge < -0.3 is 9.47 Å². The number of rotatable bonds is 9. The zero-order valence-electron chi connectivity index (χ0n) is 17.1. The van der Waals surface area contributed by atoms with Crippen molar-refractivity contribution in [3.63, 3.8) is 0 Å². The molecule has 1 saturated heterocycles. The summed E-state index contributed by atoms with van der Waals surface area (Å²) in [7, 11) is 0. The maximum Gasteiger partial charge on any atom is 0.293 e. The van der Waals surface area contributed by atoms with Crippen molar-refractivity contribution in [3.05, 3.63) is 62.1 Å². The number of hydrogen-bond acceptors (Lipinski definition) is 5. The van der Waals surface area contributed by atoms with Crippen molar-refractivity contribution in [1.29, 1.82) is 0 Å². The van der Waals surface area contributed by atoms with E-state index in [1.807, 2.05) is 43.3 Å². The second kappa shape index (κ2) is 11.3. The molecule has 0 aliphatic carbocycles. The van der Waals surface area contributed by atoms with E-state index in [-0.39, 0.29) is 17.8 Å². The molecule has 0 aromatic heterocycles. The molecule has 3 rings (SSSR count). The van der Waals surface area contributed by atoms with Gasteiger partial charge in [-0.2, -0.15) is 0 Å². The highest BCUT2D eigenvalue weighted by molar-refractivity contribution is 14.1. The van der Waals surface area contributed by atoms with E-state index in [4.69, 9.17) is 15.9 Å². The average Bonchev–Trinajstić information content (AvgIpc) is 3.01. The molecule has 1 fully saturated rings. The Morgan fingerprint density at radius 1 is 1.19 bits per heavy atom. The van der Waals surface area contributed by atoms with E-state index in [0.717, 1.165) is 33.7 Å². The lowest BCUT2D eigenvalue weighted by Gasteiger charge is -2.13. The number of carbonyl (C=O) groups is 2. The first-order valence-corrected chi connectivity index (χ1v) is 11.7. The predicted octanol–water partition coefficient (Wildman–Crippen LogP) is 5.37. The third kappa shape index (κ3) is 6.05. The number of aryl methyl sites for hydroxylation is 1. The van der Waals surface area contributed by atoms with Gasteiger partial charge in [0.05, 0.1) is 15.1 Å². The number of hydrogen-bond donors (Lipinski definition) is 0. The fraction of sp³-hybridized carbons (Fsp3) is 0.250. The molecule has 0 unspecified atom stereocenters. The highest BCUT2D eigenvalue weighted by Gasteiger charge is 2.34. The molecule has 31 heavy (non-hydrogen) atoms. The number of terminal acetylenes is 1. The molecule has 0 atom stereocenters. The summed E-state index contributed by atoms with van der Waals surface area (Å²) >= 11 is 3.11. The Balaban J connectivity index is 1.73. The molecule has 0 bridgehead atoms. The van der Waals surface area contributed by atoms with Crippen molar-refractivity contribution in [2.45, 2.75) is 19.8 Å². The minimum Gasteiger partial charge on any atom is -0.490 e. The molecular weight excluding hydrogens is 525 g/mol. The highest BCUT2D eigenvalue weighted by Crippen LogP contribution is 2.37. The van der Waals surface area contributed by atoms with Crippen LogP contribution in [0.5, 0.6) is 11.5 Å². The Kier molecular flexibility index (Phi) is 8.43. The number of imide groups is 1. The van der Waals surface area contributed by atoms with Gasteiger partial charge in [0.1, 0.15) is 6.61 Å². The molecule has 2 aromatic rings. The molecule has 160 valence electrons. The van der Waals surface area contributed by atoms with Crippen molar-refractivity contribution in [3.8, 4) is 23.8 Å². The molecule has 1 aliphatic rings. The van der Waals surface area contributed by atoms with Gasteiger partial charge in [0.2, 0.25) is 0 Å². The molecule has 0 spiro atoms. The minimum atomic E-state index is -0.260. The fourth-order valence-corrected chi connectivity index (χ4v) is 4.76. The van der Waals surface area contributed by atoms with Crippen molar-refractivity contribution in [2.24, 2.45) is 0 Å². The number of carbonyl (C=O) groups excluding carboxylic acids is 2. The van der Waals surface area contributed by atoms with E-state index in [9.17, 15) is 9.59 Å². The number of benzene rings is 2. The van der Waals surface area contributed by atoms with Crippen molar-refractivity contribution >= 4 is 51.6 Å². The summed E-state index contributed by atoms with van der Waals surface area (Å²) in [5.41, 5.74) is 1.95. The summed E-state index contributed by atoms with van der Waals surface area (Å²) in [5.74, 6) is 3.31. The van der Waals surface area contributed by atoms with Crippen LogP contribution < -0.4 is 9.47 Å². The van der Waals surface area contributed by atoms with Crippen LogP contribution in [0.15, 0.2) is 47.4 Å². The monoisotopic (exact) mass is 547 g/mol. The van der Waals surface area contributed by atoms with Crippen LogP contribution in [-0.2, 0) is 11.2 Å². The van der Waals surface area contributed by atoms with Crippen molar-refractivity contribution in [2.75, 3.05) is 19.8 Å². The summed E-state index contributed by atoms with van der Waals surface area (Å²) in [6.07, 6.45) is 8.55. The predicted molar refractivity (Wildman–Crippen MR) is 132 cm³/mol. The zero-order chi connectivity index (χ0) is 22.2. The molecule has 2 aromatic carbocycles. The fourth-order valence-electron chi connectivity index (χ4n) is 3.12. The van der Waals surface area contributed by atoms with E-state index < -0.39 is 0 Å². The lowest BCUT2D eigenvalue weighted by molar-refractivity contribution is -0.122. The van der Waals surface area contributed by atoms with Gasteiger partial charge in [-0.05, 0) is 83.5 Å². The Morgan fingerprint density at radius 3 is 2.68 bits per heavy atom. The van der Waals surface area contributed by atoms with Crippen LogP contribution in [0, 0.1) is 15.9 Å². The molecule has 0 radical (unpaired) electrons. The number of nitrogens with zero attached hydrogens (tertiary/aromatic N) is 1. The first-order valence-electron chi connectivity index (χ1n) is 9.85. The van der Waals surface area contributed by atoms with E-state index in [1.165, 1.54) is 10.5 Å². The van der Waals surface area contributed by atoms with Crippen LogP contribution in [0.4, 0.5) is 4.79 Å². The molecule has 1 aliphatic heterocycles. The average molecular weight is 547 g/mol. The Bertz CT molecular complexity index is 1030.